The summed E-state index contributed by atoms with van der Waals surface area (Å²) in [6.45, 7) is 3.26. The fourth-order valence-electron chi connectivity index (χ4n) is 4.07. The Kier molecular flexibility index (Phi) is 3.88. The van der Waals surface area contributed by atoms with Crippen LogP contribution in [-0.4, -0.2) is 36.5 Å². The van der Waals surface area contributed by atoms with Crippen LogP contribution in [0.4, 0.5) is 0 Å². The SMILES string of the molecule is O=C(CCC1CCCN1)N1CC2CCCCC2C1. The monoisotopic (exact) mass is 250 g/mol. The summed E-state index contributed by atoms with van der Waals surface area (Å²) in [6, 6.07) is 0.610. The van der Waals surface area contributed by atoms with Gasteiger partial charge in [-0.1, -0.05) is 12.8 Å². The summed E-state index contributed by atoms with van der Waals surface area (Å²) >= 11 is 0. The molecule has 3 fully saturated rings. The first-order valence-corrected chi connectivity index (χ1v) is 7.84. The van der Waals surface area contributed by atoms with Crippen LogP contribution in [-0.2, 0) is 4.79 Å². The lowest BCUT2D eigenvalue weighted by molar-refractivity contribution is -0.130. The Bertz CT molecular complexity index is 285. The standard InChI is InChI=1S/C15H26N2O/c18-15(8-7-14-6-3-9-16-14)17-10-12-4-1-2-5-13(12)11-17/h12-14,16H,1-11H2. The molecule has 1 N–H and O–H groups in total. The lowest BCUT2D eigenvalue weighted by Gasteiger charge is -2.22. The third kappa shape index (κ3) is 2.71. The highest BCUT2D eigenvalue weighted by Crippen LogP contribution is 2.36. The molecule has 0 radical (unpaired) electrons. The number of carbonyl (C=O) groups excluding carboxylic acids is 1. The van der Waals surface area contributed by atoms with Gasteiger partial charge in [0, 0.05) is 25.6 Å². The topological polar surface area (TPSA) is 32.3 Å². The van der Waals surface area contributed by atoms with Crippen molar-refractivity contribution >= 4 is 5.91 Å². The van der Waals surface area contributed by atoms with Gasteiger partial charge in [-0.25, -0.2) is 0 Å². The number of fused-ring (bicyclic) bond motifs is 1. The molecule has 18 heavy (non-hydrogen) atoms. The zero-order chi connectivity index (χ0) is 12.4. The van der Waals surface area contributed by atoms with Crippen molar-refractivity contribution in [1.29, 1.82) is 0 Å². The molecule has 2 aliphatic heterocycles. The zero-order valence-electron chi connectivity index (χ0n) is 11.4. The largest absolute Gasteiger partial charge is 0.342 e. The second kappa shape index (κ2) is 5.60. The highest BCUT2D eigenvalue weighted by atomic mass is 16.2. The number of likely N-dealkylation sites (tertiary alicyclic amines) is 1. The van der Waals surface area contributed by atoms with Gasteiger partial charge in [-0.2, -0.15) is 0 Å². The van der Waals surface area contributed by atoms with Gasteiger partial charge in [-0.05, 0) is 50.5 Å². The van der Waals surface area contributed by atoms with Gasteiger partial charge in [0.05, 0.1) is 0 Å². The van der Waals surface area contributed by atoms with Gasteiger partial charge in [0.2, 0.25) is 5.91 Å². The summed E-state index contributed by atoms with van der Waals surface area (Å²) in [5, 5.41) is 3.48. The fraction of sp³-hybridized carbons (Fsp3) is 0.933. The van der Waals surface area contributed by atoms with Crippen LogP contribution >= 0.6 is 0 Å². The van der Waals surface area contributed by atoms with E-state index in [0.717, 1.165) is 44.3 Å². The molecular weight excluding hydrogens is 224 g/mol. The average molecular weight is 250 g/mol. The maximum atomic E-state index is 12.2. The third-order valence-electron chi connectivity index (χ3n) is 5.20. The molecule has 1 amide bonds. The van der Waals surface area contributed by atoms with Gasteiger partial charge in [0.15, 0.2) is 0 Å². The molecule has 0 bridgehead atoms. The quantitative estimate of drug-likeness (QED) is 0.832. The van der Waals surface area contributed by atoms with Gasteiger partial charge >= 0.3 is 0 Å². The zero-order valence-corrected chi connectivity index (χ0v) is 11.4. The summed E-state index contributed by atoms with van der Waals surface area (Å²) < 4.78 is 0. The Hall–Kier alpha value is -0.570. The van der Waals surface area contributed by atoms with Crippen molar-refractivity contribution < 1.29 is 4.79 Å². The summed E-state index contributed by atoms with van der Waals surface area (Å²) in [7, 11) is 0. The smallest absolute Gasteiger partial charge is 0.222 e. The first-order chi connectivity index (χ1) is 8.83. The third-order valence-corrected chi connectivity index (χ3v) is 5.20. The Morgan fingerprint density at radius 1 is 1.06 bits per heavy atom. The van der Waals surface area contributed by atoms with E-state index < -0.39 is 0 Å². The van der Waals surface area contributed by atoms with Gasteiger partial charge < -0.3 is 10.2 Å². The van der Waals surface area contributed by atoms with E-state index in [-0.39, 0.29) is 0 Å². The van der Waals surface area contributed by atoms with Crippen molar-refractivity contribution in [2.24, 2.45) is 11.8 Å². The van der Waals surface area contributed by atoms with E-state index >= 15 is 0 Å². The molecule has 102 valence electrons. The molecule has 0 aromatic heterocycles. The molecule has 2 saturated heterocycles. The van der Waals surface area contributed by atoms with Crippen LogP contribution in [0.15, 0.2) is 0 Å². The molecule has 3 aliphatic rings. The average Bonchev–Trinajstić information content (AvgIpc) is 3.04. The number of hydrogen-bond donors (Lipinski definition) is 1. The van der Waals surface area contributed by atoms with E-state index in [2.05, 4.69) is 10.2 Å². The maximum Gasteiger partial charge on any atom is 0.222 e. The van der Waals surface area contributed by atoms with Crippen molar-refractivity contribution in [3.05, 3.63) is 0 Å². The number of rotatable bonds is 3. The number of hydrogen-bond acceptors (Lipinski definition) is 2. The Morgan fingerprint density at radius 2 is 1.78 bits per heavy atom. The first kappa shape index (κ1) is 12.5. The maximum absolute atomic E-state index is 12.2. The van der Waals surface area contributed by atoms with Crippen LogP contribution in [0.5, 0.6) is 0 Å². The van der Waals surface area contributed by atoms with E-state index in [0.29, 0.717) is 11.9 Å². The van der Waals surface area contributed by atoms with Crippen LogP contribution in [0.25, 0.3) is 0 Å². The molecule has 0 aromatic carbocycles. The molecule has 0 spiro atoms. The fourth-order valence-corrected chi connectivity index (χ4v) is 4.07. The molecular formula is C15H26N2O. The number of amides is 1. The predicted octanol–water partition coefficient (Wildman–Crippen LogP) is 2.17. The molecule has 1 aliphatic carbocycles. The van der Waals surface area contributed by atoms with E-state index in [4.69, 9.17) is 0 Å². The predicted molar refractivity (Wildman–Crippen MR) is 72.3 cm³/mol. The molecule has 3 atom stereocenters. The minimum atomic E-state index is 0.415. The van der Waals surface area contributed by atoms with Crippen LogP contribution in [0.3, 0.4) is 0 Å². The van der Waals surface area contributed by atoms with Crippen LogP contribution in [0, 0.1) is 11.8 Å². The molecule has 3 rings (SSSR count). The van der Waals surface area contributed by atoms with Crippen molar-refractivity contribution in [3.63, 3.8) is 0 Å². The molecule has 2 heterocycles. The lowest BCUT2D eigenvalue weighted by Crippen LogP contribution is -2.31. The molecule has 0 aromatic rings. The normalized spacial score (nSPS) is 35.8. The lowest BCUT2D eigenvalue weighted by atomic mass is 9.82. The first-order valence-electron chi connectivity index (χ1n) is 7.84. The molecule has 1 saturated carbocycles. The van der Waals surface area contributed by atoms with E-state index in [9.17, 15) is 4.79 Å². The molecule has 3 nitrogen and oxygen atoms in total. The Balaban J connectivity index is 1.45. The summed E-state index contributed by atoms with van der Waals surface area (Å²) in [5.41, 5.74) is 0. The van der Waals surface area contributed by atoms with Crippen molar-refractivity contribution in [2.45, 2.75) is 57.4 Å². The second-order valence-corrected chi connectivity index (χ2v) is 6.44. The van der Waals surface area contributed by atoms with Gasteiger partial charge in [0.1, 0.15) is 0 Å². The van der Waals surface area contributed by atoms with E-state index in [1.165, 1.54) is 38.5 Å². The number of nitrogens with zero attached hydrogens (tertiary/aromatic N) is 1. The van der Waals surface area contributed by atoms with Crippen molar-refractivity contribution in [3.8, 4) is 0 Å². The minimum absolute atomic E-state index is 0.415. The van der Waals surface area contributed by atoms with E-state index in [1.807, 2.05) is 0 Å². The number of nitrogens with one attached hydrogen (secondary N) is 1. The van der Waals surface area contributed by atoms with Crippen molar-refractivity contribution in [1.82, 2.24) is 10.2 Å². The Morgan fingerprint density at radius 3 is 2.39 bits per heavy atom. The Labute approximate surface area is 110 Å². The van der Waals surface area contributed by atoms with Crippen molar-refractivity contribution in [2.75, 3.05) is 19.6 Å². The van der Waals surface area contributed by atoms with Gasteiger partial charge in [-0.3, -0.25) is 4.79 Å². The van der Waals surface area contributed by atoms with Crippen LogP contribution in [0.2, 0.25) is 0 Å². The van der Waals surface area contributed by atoms with Crippen LogP contribution in [0.1, 0.15) is 51.4 Å². The summed E-state index contributed by atoms with van der Waals surface area (Å²) in [4.78, 5) is 14.4. The molecule has 3 unspecified atom stereocenters. The highest BCUT2D eigenvalue weighted by Gasteiger charge is 2.36. The second-order valence-electron chi connectivity index (χ2n) is 6.44. The summed E-state index contributed by atoms with van der Waals surface area (Å²) in [5.74, 6) is 2.07. The van der Waals surface area contributed by atoms with Gasteiger partial charge in [-0.15, -0.1) is 0 Å². The number of carbonyl (C=O) groups is 1. The minimum Gasteiger partial charge on any atom is -0.342 e. The highest BCUT2D eigenvalue weighted by molar-refractivity contribution is 5.76. The molecule has 3 heteroatoms. The summed E-state index contributed by atoms with van der Waals surface area (Å²) in [6.07, 6.45) is 9.84. The van der Waals surface area contributed by atoms with Gasteiger partial charge in [0.25, 0.3) is 0 Å². The van der Waals surface area contributed by atoms with Crippen LogP contribution < -0.4 is 5.32 Å². The van der Waals surface area contributed by atoms with E-state index in [1.54, 1.807) is 0 Å².